The summed E-state index contributed by atoms with van der Waals surface area (Å²) in [7, 11) is 0. The molecule has 3 nitrogen and oxygen atoms in total. The number of carbonyl (C=O) groups is 1. The number of aryl methyl sites for hydroxylation is 2. The van der Waals surface area contributed by atoms with Crippen LogP contribution >= 0.6 is 0 Å². The van der Waals surface area contributed by atoms with Crippen LogP contribution in [0.1, 0.15) is 30.9 Å². The van der Waals surface area contributed by atoms with E-state index >= 15 is 0 Å². The van der Waals surface area contributed by atoms with Crippen LogP contribution in [-0.2, 0) is 11.2 Å². The van der Waals surface area contributed by atoms with Gasteiger partial charge in [0.05, 0.1) is 0 Å². The van der Waals surface area contributed by atoms with Crippen LogP contribution in [0, 0.1) is 6.92 Å². The Bertz CT molecular complexity index is 428. The molecule has 0 fully saturated rings. The first kappa shape index (κ1) is 11.0. The fourth-order valence-electron chi connectivity index (χ4n) is 2.34. The molecule has 1 heterocycles. The number of benzene rings is 1. The molecule has 1 aromatic carbocycles. The molecule has 0 aliphatic carbocycles. The molecule has 1 aliphatic heterocycles. The second-order valence-corrected chi connectivity index (χ2v) is 4.47. The van der Waals surface area contributed by atoms with Gasteiger partial charge in [0, 0.05) is 5.69 Å². The SMILES string of the molecule is CCC1(C(=O)O)CCc2cccc(C)c2N1. The second-order valence-electron chi connectivity index (χ2n) is 4.47. The van der Waals surface area contributed by atoms with Gasteiger partial charge in [-0.3, -0.25) is 0 Å². The van der Waals surface area contributed by atoms with Crippen molar-refractivity contribution in [2.45, 2.75) is 38.6 Å². The minimum atomic E-state index is -0.779. The van der Waals surface area contributed by atoms with E-state index in [9.17, 15) is 9.90 Å². The van der Waals surface area contributed by atoms with Gasteiger partial charge in [0.1, 0.15) is 5.54 Å². The third kappa shape index (κ3) is 1.56. The lowest BCUT2D eigenvalue weighted by Gasteiger charge is -2.36. The molecule has 1 aromatic rings. The molecule has 1 atom stereocenters. The molecule has 86 valence electrons. The fraction of sp³-hybridized carbons (Fsp3) is 0.462. The minimum Gasteiger partial charge on any atom is -0.480 e. The molecular weight excluding hydrogens is 202 g/mol. The summed E-state index contributed by atoms with van der Waals surface area (Å²) in [5.41, 5.74) is 2.58. The van der Waals surface area contributed by atoms with Gasteiger partial charge in [-0.25, -0.2) is 4.79 Å². The Kier molecular flexibility index (Phi) is 2.62. The largest absolute Gasteiger partial charge is 0.480 e. The summed E-state index contributed by atoms with van der Waals surface area (Å²) in [5, 5.41) is 12.6. The van der Waals surface area contributed by atoms with Crippen LogP contribution in [0.3, 0.4) is 0 Å². The molecule has 2 rings (SSSR count). The Morgan fingerprint density at radius 1 is 1.56 bits per heavy atom. The van der Waals surface area contributed by atoms with Crippen LogP contribution in [0.4, 0.5) is 5.69 Å². The van der Waals surface area contributed by atoms with Crippen molar-refractivity contribution in [2.24, 2.45) is 0 Å². The first-order chi connectivity index (χ1) is 7.59. The van der Waals surface area contributed by atoms with Gasteiger partial charge in [-0.15, -0.1) is 0 Å². The molecule has 0 radical (unpaired) electrons. The van der Waals surface area contributed by atoms with Gasteiger partial charge in [-0.2, -0.15) is 0 Å². The van der Waals surface area contributed by atoms with Crippen molar-refractivity contribution in [2.75, 3.05) is 5.32 Å². The summed E-state index contributed by atoms with van der Waals surface area (Å²) >= 11 is 0. The minimum absolute atomic E-state index is 0.607. The zero-order valence-corrected chi connectivity index (χ0v) is 9.71. The van der Waals surface area contributed by atoms with E-state index in [0.29, 0.717) is 12.8 Å². The highest BCUT2D eigenvalue weighted by atomic mass is 16.4. The van der Waals surface area contributed by atoms with Gasteiger partial charge >= 0.3 is 5.97 Å². The molecule has 0 aromatic heterocycles. The molecule has 0 spiro atoms. The van der Waals surface area contributed by atoms with Gasteiger partial charge in [0.2, 0.25) is 0 Å². The van der Waals surface area contributed by atoms with E-state index in [4.69, 9.17) is 0 Å². The molecule has 1 unspecified atom stereocenters. The third-order valence-electron chi connectivity index (χ3n) is 3.56. The van der Waals surface area contributed by atoms with Gasteiger partial charge in [-0.1, -0.05) is 25.1 Å². The van der Waals surface area contributed by atoms with E-state index in [1.54, 1.807) is 0 Å². The Labute approximate surface area is 95.5 Å². The molecule has 16 heavy (non-hydrogen) atoms. The summed E-state index contributed by atoms with van der Waals surface area (Å²) in [6.07, 6.45) is 2.11. The Hall–Kier alpha value is -1.51. The maximum atomic E-state index is 11.4. The zero-order chi connectivity index (χ0) is 11.8. The summed E-state index contributed by atoms with van der Waals surface area (Å²) < 4.78 is 0. The van der Waals surface area contributed by atoms with Crippen LogP contribution in [0.25, 0.3) is 0 Å². The number of carboxylic acids is 1. The number of fused-ring (bicyclic) bond motifs is 1. The fourth-order valence-corrected chi connectivity index (χ4v) is 2.34. The van der Waals surface area contributed by atoms with Crippen molar-refractivity contribution in [1.82, 2.24) is 0 Å². The average molecular weight is 219 g/mol. The first-order valence-corrected chi connectivity index (χ1v) is 5.69. The summed E-state index contributed by atoms with van der Waals surface area (Å²) in [6, 6.07) is 6.10. The van der Waals surface area contributed by atoms with E-state index in [0.717, 1.165) is 17.7 Å². The molecule has 0 amide bonds. The Morgan fingerprint density at radius 3 is 2.94 bits per heavy atom. The lowest BCUT2D eigenvalue weighted by molar-refractivity contribution is -0.142. The van der Waals surface area contributed by atoms with E-state index < -0.39 is 11.5 Å². The Balaban J connectivity index is 2.42. The van der Waals surface area contributed by atoms with Gasteiger partial charge < -0.3 is 10.4 Å². The smallest absolute Gasteiger partial charge is 0.329 e. The van der Waals surface area contributed by atoms with E-state index in [2.05, 4.69) is 11.4 Å². The highest BCUT2D eigenvalue weighted by molar-refractivity contribution is 5.84. The van der Waals surface area contributed by atoms with Crippen LogP contribution in [0.5, 0.6) is 0 Å². The number of hydrogen-bond acceptors (Lipinski definition) is 2. The standard InChI is InChI=1S/C13H17NO2/c1-3-13(12(15)16)8-7-10-6-4-5-9(2)11(10)14-13/h4-6,14H,3,7-8H2,1-2H3,(H,15,16). The van der Waals surface area contributed by atoms with Crippen LogP contribution < -0.4 is 5.32 Å². The van der Waals surface area contributed by atoms with Gasteiger partial charge in [-0.05, 0) is 37.3 Å². The predicted molar refractivity (Wildman–Crippen MR) is 63.8 cm³/mol. The summed E-state index contributed by atoms with van der Waals surface area (Å²) in [6.45, 7) is 3.93. The third-order valence-corrected chi connectivity index (χ3v) is 3.56. The van der Waals surface area contributed by atoms with Gasteiger partial charge in [0.15, 0.2) is 0 Å². The number of rotatable bonds is 2. The molecule has 2 N–H and O–H groups in total. The molecule has 0 bridgehead atoms. The van der Waals surface area contributed by atoms with E-state index in [-0.39, 0.29) is 0 Å². The predicted octanol–water partition coefficient (Wildman–Crippen LogP) is 2.59. The molecule has 3 heteroatoms. The van der Waals surface area contributed by atoms with Crippen molar-refractivity contribution in [1.29, 1.82) is 0 Å². The first-order valence-electron chi connectivity index (χ1n) is 5.69. The topological polar surface area (TPSA) is 49.3 Å². The zero-order valence-electron chi connectivity index (χ0n) is 9.71. The van der Waals surface area contributed by atoms with Crippen molar-refractivity contribution >= 4 is 11.7 Å². The van der Waals surface area contributed by atoms with Crippen LogP contribution in [-0.4, -0.2) is 16.6 Å². The second kappa shape index (κ2) is 3.81. The van der Waals surface area contributed by atoms with Crippen molar-refractivity contribution in [3.63, 3.8) is 0 Å². The maximum Gasteiger partial charge on any atom is 0.329 e. The molecule has 1 aliphatic rings. The molecular formula is C13H17NO2. The highest BCUT2D eigenvalue weighted by Gasteiger charge is 2.39. The summed E-state index contributed by atoms with van der Waals surface area (Å²) in [5.74, 6) is -0.746. The number of aliphatic carboxylic acids is 1. The van der Waals surface area contributed by atoms with Crippen molar-refractivity contribution in [3.05, 3.63) is 29.3 Å². The maximum absolute atomic E-state index is 11.4. The average Bonchev–Trinajstić information content (AvgIpc) is 2.29. The Morgan fingerprint density at radius 2 is 2.31 bits per heavy atom. The lowest BCUT2D eigenvalue weighted by Crippen LogP contribution is -2.48. The highest BCUT2D eigenvalue weighted by Crippen LogP contribution is 2.35. The summed E-state index contributed by atoms with van der Waals surface area (Å²) in [4.78, 5) is 11.4. The molecule has 0 saturated heterocycles. The van der Waals surface area contributed by atoms with E-state index in [1.807, 2.05) is 26.0 Å². The number of anilines is 1. The van der Waals surface area contributed by atoms with Gasteiger partial charge in [0.25, 0.3) is 0 Å². The monoisotopic (exact) mass is 219 g/mol. The normalized spacial score (nSPS) is 23.4. The van der Waals surface area contributed by atoms with Crippen LogP contribution in [0.15, 0.2) is 18.2 Å². The number of hydrogen-bond donors (Lipinski definition) is 2. The lowest BCUT2D eigenvalue weighted by atomic mass is 9.83. The number of carboxylic acid groups (broad SMARTS) is 1. The molecule has 0 saturated carbocycles. The van der Waals surface area contributed by atoms with Crippen molar-refractivity contribution in [3.8, 4) is 0 Å². The van der Waals surface area contributed by atoms with E-state index in [1.165, 1.54) is 5.56 Å². The van der Waals surface area contributed by atoms with Crippen molar-refractivity contribution < 1.29 is 9.90 Å². The quantitative estimate of drug-likeness (QED) is 0.803. The van der Waals surface area contributed by atoms with Crippen LogP contribution in [0.2, 0.25) is 0 Å². The number of nitrogens with one attached hydrogen (secondary N) is 1. The number of para-hydroxylation sites is 1.